The predicted molar refractivity (Wildman–Crippen MR) is 115 cm³/mol. The molecule has 0 N–H and O–H groups in total. The van der Waals surface area contributed by atoms with Gasteiger partial charge in [-0.1, -0.05) is 23.8 Å². The zero-order chi connectivity index (χ0) is 21.0. The van der Waals surface area contributed by atoms with Crippen LogP contribution < -0.4 is 9.47 Å². The Labute approximate surface area is 174 Å². The molecule has 2 aromatic rings. The second kappa shape index (κ2) is 9.31. The molecule has 0 aromatic heterocycles. The van der Waals surface area contributed by atoms with E-state index in [0.717, 1.165) is 36.4 Å². The fraction of sp³-hybridized carbons (Fsp3) is 0.458. The molecule has 156 valence electrons. The van der Waals surface area contributed by atoms with Gasteiger partial charge in [0.25, 0.3) is 0 Å². The minimum absolute atomic E-state index is 0.138. The number of hydrogen-bond donors (Lipinski definition) is 0. The molecule has 1 amide bonds. The van der Waals surface area contributed by atoms with Crippen LogP contribution in [0.1, 0.15) is 41.1 Å². The van der Waals surface area contributed by atoms with Crippen molar-refractivity contribution in [3.05, 3.63) is 58.7 Å². The molecule has 1 aliphatic rings. The summed E-state index contributed by atoms with van der Waals surface area (Å²) in [5, 5.41) is 0. The molecule has 2 aromatic carbocycles. The van der Waals surface area contributed by atoms with Crippen LogP contribution in [0.15, 0.2) is 36.4 Å². The third-order valence-electron chi connectivity index (χ3n) is 5.83. The summed E-state index contributed by atoms with van der Waals surface area (Å²) in [6.07, 6.45) is 2.08. The summed E-state index contributed by atoms with van der Waals surface area (Å²) in [7, 11) is 5.25. The topological polar surface area (TPSA) is 42.0 Å². The third-order valence-corrected chi connectivity index (χ3v) is 5.83. The van der Waals surface area contributed by atoms with Crippen molar-refractivity contribution in [2.75, 3.05) is 34.4 Å². The molecule has 1 unspecified atom stereocenters. The van der Waals surface area contributed by atoms with Crippen molar-refractivity contribution in [3.63, 3.8) is 0 Å². The molecule has 1 fully saturated rings. The molecule has 1 saturated heterocycles. The van der Waals surface area contributed by atoms with Crippen molar-refractivity contribution in [1.82, 2.24) is 9.80 Å². The first kappa shape index (κ1) is 21.2. The molecule has 0 spiro atoms. The van der Waals surface area contributed by atoms with Crippen molar-refractivity contribution in [1.29, 1.82) is 0 Å². The lowest BCUT2D eigenvalue weighted by Crippen LogP contribution is -2.38. The molecular weight excluding hydrogens is 364 g/mol. The van der Waals surface area contributed by atoms with Gasteiger partial charge in [0.05, 0.1) is 20.8 Å². The standard InChI is InChI=1S/C24H32N2O3/c1-17-8-9-19(18(2)13-17)15-25(3)24(27)16-26-12-6-7-22(26)21-14-20(28-4)10-11-23(21)29-5/h8-11,13-14,22H,6-7,12,15-16H2,1-5H3. The first-order chi connectivity index (χ1) is 13.9. The number of hydrogen-bond acceptors (Lipinski definition) is 4. The maximum Gasteiger partial charge on any atom is 0.236 e. The number of carbonyl (C=O) groups excluding carboxylic acids is 1. The van der Waals surface area contributed by atoms with Gasteiger partial charge < -0.3 is 14.4 Å². The maximum atomic E-state index is 13.0. The Kier molecular flexibility index (Phi) is 6.80. The summed E-state index contributed by atoms with van der Waals surface area (Å²) in [5.74, 6) is 1.79. The lowest BCUT2D eigenvalue weighted by atomic mass is 10.0. The highest BCUT2D eigenvalue weighted by molar-refractivity contribution is 5.78. The number of ether oxygens (including phenoxy) is 2. The smallest absolute Gasteiger partial charge is 0.236 e. The van der Waals surface area contributed by atoms with Gasteiger partial charge in [0.2, 0.25) is 5.91 Å². The molecule has 1 atom stereocenters. The maximum absolute atomic E-state index is 13.0. The van der Waals surface area contributed by atoms with Crippen LogP contribution in [0.2, 0.25) is 0 Å². The van der Waals surface area contributed by atoms with Gasteiger partial charge in [0.15, 0.2) is 0 Å². The Morgan fingerprint density at radius 2 is 1.93 bits per heavy atom. The SMILES string of the molecule is COc1ccc(OC)c(C2CCCN2CC(=O)N(C)Cc2ccc(C)cc2C)c1. The molecule has 0 aliphatic carbocycles. The fourth-order valence-corrected chi connectivity index (χ4v) is 4.13. The highest BCUT2D eigenvalue weighted by Crippen LogP contribution is 2.38. The number of likely N-dealkylation sites (tertiary alicyclic amines) is 1. The Balaban J connectivity index is 1.71. The second-order valence-corrected chi connectivity index (χ2v) is 7.92. The van der Waals surface area contributed by atoms with E-state index in [9.17, 15) is 4.79 Å². The molecule has 5 heteroatoms. The van der Waals surface area contributed by atoms with E-state index in [1.165, 1.54) is 16.7 Å². The highest BCUT2D eigenvalue weighted by Gasteiger charge is 2.30. The van der Waals surface area contributed by atoms with Crippen LogP contribution in [-0.4, -0.2) is 50.1 Å². The van der Waals surface area contributed by atoms with Crippen LogP contribution in [0, 0.1) is 13.8 Å². The van der Waals surface area contributed by atoms with Gasteiger partial charge >= 0.3 is 0 Å². The van der Waals surface area contributed by atoms with Gasteiger partial charge in [0.1, 0.15) is 11.5 Å². The van der Waals surface area contributed by atoms with Gasteiger partial charge in [-0.3, -0.25) is 9.69 Å². The van der Waals surface area contributed by atoms with E-state index in [-0.39, 0.29) is 11.9 Å². The number of rotatable bonds is 7. The van der Waals surface area contributed by atoms with Gasteiger partial charge in [-0.25, -0.2) is 0 Å². The first-order valence-corrected chi connectivity index (χ1v) is 10.2. The molecule has 0 bridgehead atoms. The average molecular weight is 397 g/mol. The Morgan fingerprint density at radius 1 is 1.14 bits per heavy atom. The van der Waals surface area contributed by atoms with Gasteiger partial charge in [-0.05, 0) is 62.6 Å². The van der Waals surface area contributed by atoms with Crippen molar-refractivity contribution in [2.24, 2.45) is 0 Å². The summed E-state index contributed by atoms with van der Waals surface area (Å²) in [5.41, 5.74) is 4.75. The normalized spacial score (nSPS) is 16.7. The summed E-state index contributed by atoms with van der Waals surface area (Å²) < 4.78 is 11.0. The molecule has 29 heavy (non-hydrogen) atoms. The number of methoxy groups -OCH3 is 2. The van der Waals surface area contributed by atoms with E-state index in [1.54, 1.807) is 14.2 Å². The van der Waals surface area contributed by atoms with Crippen LogP contribution in [0.25, 0.3) is 0 Å². The van der Waals surface area contributed by atoms with Gasteiger partial charge in [-0.2, -0.15) is 0 Å². The van der Waals surface area contributed by atoms with Crippen molar-refractivity contribution in [3.8, 4) is 11.5 Å². The van der Waals surface area contributed by atoms with Crippen molar-refractivity contribution >= 4 is 5.91 Å². The number of nitrogens with zero attached hydrogens (tertiary/aromatic N) is 2. The lowest BCUT2D eigenvalue weighted by Gasteiger charge is -2.28. The summed E-state index contributed by atoms with van der Waals surface area (Å²) in [6.45, 7) is 6.14. The first-order valence-electron chi connectivity index (χ1n) is 10.2. The van der Waals surface area contributed by atoms with E-state index in [4.69, 9.17) is 9.47 Å². The minimum Gasteiger partial charge on any atom is -0.497 e. The Hall–Kier alpha value is -2.53. The van der Waals surface area contributed by atoms with Crippen LogP contribution in [0.4, 0.5) is 0 Å². The average Bonchev–Trinajstić information content (AvgIpc) is 3.17. The van der Waals surface area contributed by atoms with E-state index in [2.05, 4.69) is 36.9 Å². The minimum atomic E-state index is 0.138. The number of likely N-dealkylation sites (N-methyl/N-ethyl adjacent to an activating group) is 1. The number of aryl methyl sites for hydroxylation is 2. The molecule has 3 rings (SSSR count). The zero-order valence-electron chi connectivity index (χ0n) is 18.2. The largest absolute Gasteiger partial charge is 0.497 e. The lowest BCUT2D eigenvalue weighted by molar-refractivity contribution is -0.131. The van der Waals surface area contributed by atoms with E-state index >= 15 is 0 Å². The van der Waals surface area contributed by atoms with E-state index in [0.29, 0.717) is 13.1 Å². The summed E-state index contributed by atoms with van der Waals surface area (Å²) in [6, 6.07) is 12.4. The molecule has 0 radical (unpaired) electrons. The van der Waals surface area contributed by atoms with Gasteiger partial charge in [0, 0.05) is 25.2 Å². The number of carbonyl (C=O) groups is 1. The van der Waals surface area contributed by atoms with Crippen molar-refractivity contribution < 1.29 is 14.3 Å². The monoisotopic (exact) mass is 396 g/mol. The molecule has 1 aliphatic heterocycles. The van der Waals surface area contributed by atoms with Gasteiger partial charge in [-0.15, -0.1) is 0 Å². The van der Waals surface area contributed by atoms with Crippen LogP contribution in [-0.2, 0) is 11.3 Å². The molecule has 1 heterocycles. The predicted octanol–water partition coefficient (Wildman–Crippen LogP) is 4.12. The molecular formula is C24H32N2O3. The van der Waals surface area contributed by atoms with Crippen LogP contribution >= 0.6 is 0 Å². The Bertz CT molecular complexity index is 865. The zero-order valence-corrected chi connectivity index (χ0v) is 18.2. The Morgan fingerprint density at radius 3 is 2.62 bits per heavy atom. The summed E-state index contributed by atoms with van der Waals surface area (Å²) in [4.78, 5) is 17.1. The quantitative estimate of drug-likeness (QED) is 0.706. The molecule has 5 nitrogen and oxygen atoms in total. The molecule has 0 saturated carbocycles. The number of amides is 1. The highest BCUT2D eigenvalue weighted by atomic mass is 16.5. The van der Waals surface area contributed by atoms with E-state index in [1.807, 2.05) is 30.1 Å². The van der Waals surface area contributed by atoms with E-state index < -0.39 is 0 Å². The van der Waals surface area contributed by atoms with Crippen LogP contribution in [0.5, 0.6) is 11.5 Å². The fourth-order valence-electron chi connectivity index (χ4n) is 4.13. The number of benzene rings is 2. The second-order valence-electron chi connectivity index (χ2n) is 7.92. The summed E-state index contributed by atoms with van der Waals surface area (Å²) >= 11 is 0. The van der Waals surface area contributed by atoms with Crippen LogP contribution in [0.3, 0.4) is 0 Å². The third kappa shape index (κ3) is 4.91. The van der Waals surface area contributed by atoms with Crippen molar-refractivity contribution in [2.45, 2.75) is 39.3 Å².